The van der Waals surface area contributed by atoms with Crippen LogP contribution in [0.3, 0.4) is 0 Å². The average molecular weight is 200 g/mol. The number of nitrogens with two attached hydrogens (primary N) is 1. The standard InChI is InChI=1S/C10H14F2N2/c1-7(5-13)14-6-8-3-2-4-9(11)10(8)12/h2-4,7,14H,5-6,13H2,1H3. The highest BCUT2D eigenvalue weighted by Crippen LogP contribution is 2.10. The Labute approximate surface area is 82.1 Å². The van der Waals surface area contributed by atoms with E-state index in [9.17, 15) is 8.78 Å². The van der Waals surface area contributed by atoms with Crippen LogP contribution in [0.1, 0.15) is 12.5 Å². The lowest BCUT2D eigenvalue weighted by Crippen LogP contribution is -2.32. The smallest absolute Gasteiger partial charge is 0.163 e. The Kier molecular flexibility index (Phi) is 3.98. The fourth-order valence-electron chi connectivity index (χ4n) is 1.05. The molecule has 0 saturated heterocycles. The summed E-state index contributed by atoms with van der Waals surface area (Å²) in [7, 11) is 0. The molecule has 0 amide bonds. The van der Waals surface area contributed by atoms with Gasteiger partial charge in [0.1, 0.15) is 0 Å². The second-order valence-electron chi connectivity index (χ2n) is 3.23. The summed E-state index contributed by atoms with van der Waals surface area (Å²) in [6, 6.07) is 4.24. The van der Waals surface area contributed by atoms with Crippen molar-refractivity contribution >= 4 is 0 Å². The van der Waals surface area contributed by atoms with E-state index < -0.39 is 11.6 Å². The summed E-state index contributed by atoms with van der Waals surface area (Å²) in [6.45, 7) is 2.65. The van der Waals surface area contributed by atoms with Gasteiger partial charge in [0.25, 0.3) is 0 Å². The fourth-order valence-corrected chi connectivity index (χ4v) is 1.05. The zero-order valence-electron chi connectivity index (χ0n) is 8.06. The van der Waals surface area contributed by atoms with E-state index in [1.54, 1.807) is 6.07 Å². The lowest BCUT2D eigenvalue weighted by Gasteiger charge is -2.11. The Morgan fingerprint density at radius 1 is 1.43 bits per heavy atom. The van der Waals surface area contributed by atoms with Crippen LogP contribution in [-0.2, 0) is 6.54 Å². The van der Waals surface area contributed by atoms with Crippen LogP contribution in [0.2, 0.25) is 0 Å². The molecule has 1 aromatic rings. The van der Waals surface area contributed by atoms with Gasteiger partial charge in [0.15, 0.2) is 11.6 Å². The first-order valence-electron chi connectivity index (χ1n) is 4.51. The predicted octanol–water partition coefficient (Wildman–Crippen LogP) is 1.40. The first-order chi connectivity index (χ1) is 6.65. The Morgan fingerprint density at radius 3 is 2.79 bits per heavy atom. The van der Waals surface area contributed by atoms with Gasteiger partial charge in [0, 0.05) is 24.7 Å². The maximum absolute atomic E-state index is 13.1. The minimum Gasteiger partial charge on any atom is -0.329 e. The molecule has 78 valence electrons. The highest BCUT2D eigenvalue weighted by Gasteiger charge is 2.07. The highest BCUT2D eigenvalue weighted by molar-refractivity contribution is 5.18. The summed E-state index contributed by atoms with van der Waals surface area (Å²) in [4.78, 5) is 0. The van der Waals surface area contributed by atoms with Crippen molar-refractivity contribution in [1.82, 2.24) is 5.32 Å². The number of benzene rings is 1. The quantitative estimate of drug-likeness (QED) is 0.771. The van der Waals surface area contributed by atoms with Gasteiger partial charge in [-0.3, -0.25) is 0 Å². The molecular formula is C10H14F2N2. The van der Waals surface area contributed by atoms with E-state index in [4.69, 9.17) is 5.73 Å². The molecule has 1 aromatic carbocycles. The summed E-state index contributed by atoms with van der Waals surface area (Å²) in [5, 5.41) is 2.98. The zero-order chi connectivity index (χ0) is 10.6. The predicted molar refractivity (Wildman–Crippen MR) is 51.7 cm³/mol. The summed E-state index contributed by atoms with van der Waals surface area (Å²) in [6.07, 6.45) is 0. The van der Waals surface area contributed by atoms with Crippen LogP contribution in [0.25, 0.3) is 0 Å². The van der Waals surface area contributed by atoms with Crippen molar-refractivity contribution in [1.29, 1.82) is 0 Å². The molecule has 1 unspecified atom stereocenters. The van der Waals surface area contributed by atoms with Crippen molar-refractivity contribution in [3.63, 3.8) is 0 Å². The minimum absolute atomic E-state index is 0.0951. The average Bonchev–Trinajstić information content (AvgIpc) is 2.20. The van der Waals surface area contributed by atoms with Crippen molar-refractivity contribution in [2.75, 3.05) is 6.54 Å². The molecule has 2 nitrogen and oxygen atoms in total. The maximum atomic E-state index is 13.1. The number of hydrogen-bond donors (Lipinski definition) is 2. The molecule has 0 radical (unpaired) electrons. The van der Waals surface area contributed by atoms with Gasteiger partial charge in [-0.15, -0.1) is 0 Å². The SMILES string of the molecule is CC(CN)NCc1cccc(F)c1F. The lowest BCUT2D eigenvalue weighted by atomic mass is 10.2. The van der Waals surface area contributed by atoms with Gasteiger partial charge in [-0.1, -0.05) is 12.1 Å². The van der Waals surface area contributed by atoms with Gasteiger partial charge in [0.2, 0.25) is 0 Å². The zero-order valence-corrected chi connectivity index (χ0v) is 8.06. The molecule has 1 rings (SSSR count). The molecule has 0 spiro atoms. The molecule has 0 heterocycles. The lowest BCUT2D eigenvalue weighted by molar-refractivity contribution is 0.483. The summed E-state index contributed by atoms with van der Waals surface area (Å²) in [5.41, 5.74) is 5.70. The molecule has 3 N–H and O–H groups in total. The van der Waals surface area contributed by atoms with E-state index in [2.05, 4.69) is 5.32 Å². The van der Waals surface area contributed by atoms with E-state index in [1.165, 1.54) is 6.07 Å². The van der Waals surface area contributed by atoms with Crippen LogP contribution >= 0.6 is 0 Å². The first-order valence-corrected chi connectivity index (χ1v) is 4.51. The molecule has 4 heteroatoms. The van der Waals surface area contributed by atoms with Crippen molar-refractivity contribution in [2.45, 2.75) is 19.5 Å². The minimum atomic E-state index is -0.815. The summed E-state index contributed by atoms with van der Waals surface area (Å²) < 4.78 is 25.9. The van der Waals surface area contributed by atoms with E-state index >= 15 is 0 Å². The third kappa shape index (κ3) is 2.75. The van der Waals surface area contributed by atoms with Crippen molar-refractivity contribution in [3.05, 3.63) is 35.4 Å². The number of halogens is 2. The van der Waals surface area contributed by atoms with Gasteiger partial charge < -0.3 is 11.1 Å². The molecule has 0 aromatic heterocycles. The van der Waals surface area contributed by atoms with Crippen LogP contribution < -0.4 is 11.1 Å². The van der Waals surface area contributed by atoms with E-state index in [0.29, 0.717) is 18.7 Å². The van der Waals surface area contributed by atoms with Crippen LogP contribution in [0.5, 0.6) is 0 Å². The molecule has 0 aliphatic heterocycles. The van der Waals surface area contributed by atoms with Crippen molar-refractivity contribution < 1.29 is 8.78 Å². The first kappa shape index (κ1) is 11.1. The van der Waals surface area contributed by atoms with E-state index in [-0.39, 0.29) is 6.04 Å². The number of hydrogen-bond acceptors (Lipinski definition) is 2. The highest BCUT2D eigenvalue weighted by atomic mass is 19.2. The Balaban J connectivity index is 2.63. The Bertz CT molecular complexity index is 302. The molecular weight excluding hydrogens is 186 g/mol. The molecule has 0 aliphatic carbocycles. The van der Waals surface area contributed by atoms with Gasteiger partial charge >= 0.3 is 0 Å². The van der Waals surface area contributed by atoms with E-state index in [0.717, 1.165) is 6.07 Å². The molecule has 0 fully saturated rings. The maximum Gasteiger partial charge on any atom is 0.163 e. The summed E-state index contributed by atoms with van der Waals surface area (Å²) in [5.74, 6) is -1.60. The largest absolute Gasteiger partial charge is 0.329 e. The van der Waals surface area contributed by atoms with Gasteiger partial charge in [-0.05, 0) is 13.0 Å². The Morgan fingerprint density at radius 2 is 2.14 bits per heavy atom. The van der Waals surface area contributed by atoms with E-state index in [1.807, 2.05) is 6.92 Å². The van der Waals surface area contributed by atoms with Gasteiger partial charge in [0.05, 0.1) is 0 Å². The second kappa shape index (κ2) is 5.02. The van der Waals surface area contributed by atoms with Crippen molar-refractivity contribution in [2.24, 2.45) is 5.73 Å². The topological polar surface area (TPSA) is 38.0 Å². The monoisotopic (exact) mass is 200 g/mol. The molecule has 14 heavy (non-hydrogen) atoms. The van der Waals surface area contributed by atoms with Gasteiger partial charge in [-0.2, -0.15) is 0 Å². The molecule has 0 aliphatic rings. The van der Waals surface area contributed by atoms with Crippen LogP contribution in [0.15, 0.2) is 18.2 Å². The summed E-state index contributed by atoms with van der Waals surface area (Å²) >= 11 is 0. The number of rotatable bonds is 4. The van der Waals surface area contributed by atoms with Crippen LogP contribution in [-0.4, -0.2) is 12.6 Å². The normalized spacial score (nSPS) is 12.9. The second-order valence-corrected chi connectivity index (χ2v) is 3.23. The Hall–Kier alpha value is -1.00. The molecule has 1 atom stereocenters. The van der Waals surface area contributed by atoms with Crippen molar-refractivity contribution in [3.8, 4) is 0 Å². The van der Waals surface area contributed by atoms with Crippen LogP contribution in [0.4, 0.5) is 8.78 Å². The number of nitrogens with one attached hydrogen (secondary N) is 1. The fraction of sp³-hybridized carbons (Fsp3) is 0.400. The molecule has 0 saturated carbocycles. The molecule has 0 bridgehead atoms. The third-order valence-electron chi connectivity index (χ3n) is 2.03. The van der Waals surface area contributed by atoms with Crippen LogP contribution in [0, 0.1) is 11.6 Å². The van der Waals surface area contributed by atoms with Gasteiger partial charge in [-0.25, -0.2) is 8.78 Å². The third-order valence-corrected chi connectivity index (χ3v) is 2.03.